The van der Waals surface area contributed by atoms with Gasteiger partial charge in [0.25, 0.3) is 5.91 Å². The second-order valence-corrected chi connectivity index (χ2v) is 5.77. The van der Waals surface area contributed by atoms with Crippen LogP contribution >= 0.6 is 0 Å². The van der Waals surface area contributed by atoms with Crippen LogP contribution in [0.2, 0.25) is 0 Å². The van der Waals surface area contributed by atoms with E-state index in [0.717, 1.165) is 30.6 Å². The summed E-state index contributed by atoms with van der Waals surface area (Å²) in [5.74, 6) is 0.578. The van der Waals surface area contributed by atoms with Crippen molar-refractivity contribution in [3.8, 4) is 0 Å². The van der Waals surface area contributed by atoms with Crippen LogP contribution in [0.4, 0.5) is 5.69 Å². The van der Waals surface area contributed by atoms with Crippen molar-refractivity contribution < 1.29 is 4.79 Å². The number of para-hydroxylation sites is 1. The van der Waals surface area contributed by atoms with E-state index in [1.165, 1.54) is 5.56 Å². The fourth-order valence-corrected chi connectivity index (χ4v) is 2.51. The van der Waals surface area contributed by atoms with Crippen LogP contribution in [-0.4, -0.2) is 30.4 Å². The Morgan fingerprint density at radius 1 is 1.32 bits per heavy atom. The van der Waals surface area contributed by atoms with E-state index in [9.17, 15) is 4.79 Å². The van der Waals surface area contributed by atoms with E-state index in [4.69, 9.17) is 0 Å². The average Bonchev–Trinajstić information content (AvgIpc) is 2.44. The van der Waals surface area contributed by atoms with Gasteiger partial charge < -0.3 is 10.2 Å². The molecule has 19 heavy (non-hydrogen) atoms. The first kappa shape index (κ1) is 13.9. The van der Waals surface area contributed by atoms with Crippen LogP contribution < -0.4 is 5.32 Å². The maximum absolute atomic E-state index is 12.6. The Morgan fingerprint density at radius 2 is 2.05 bits per heavy atom. The SMILES string of the molecule is CC(C)C(C)N(C)C(=O)c1cccc2c1NCCC2. The van der Waals surface area contributed by atoms with Gasteiger partial charge in [-0.25, -0.2) is 0 Å². The third-order valence-corrected chi connectivity index (χ3v) is 4.20. The maximum atomic E-state index is 12.6. The molecule has 3 nitrogen and oxygen atoms in total. The van der Waals surface area contributed by atoms with Crippen LogP contribution in [0.15, 0.2) is 18.2 Å². The van der Waals surface area contributed by atoms with Gasteiger partial charge in [0.05, 0.1) is 11.3 Å². The number of nitrogens with zero attached hydrogens (tertiary/aromatic N) is 1. The molecule has 1 amide bonds. The van der Waals surface area contributed by atoms with Crippen LogP contribution in [0.1, 0.15) is 43.1 Å². The summed E-state index contributed by atoms with van der Waals surface area (Å²) in [6.45, 7) is 7.35. The first-order valence-electron chi connectivity index (χ1n) is 7.15. The van der Waals surface area contributed by atoms with Crippen molar-refractivity contribution in [2.75, 3.05) is 18.9 Å². The zero-order valence-electron chi connectivity index (χ0n) is 12.4. The van der Waals surface area contributed by atoms with Gasteiger partial charge in [0, 0.05) is 19.6 Å². The summed E-state index contributed by atoms with van der Waals surface area (Å²) < 4.78 is 0. The lowest BCUT2D eigenvalue weighted by atomic mass is 9.97. The summed E-state index contributed by atoms with van der Waals surface area (Å²) in [6, 6.07) is 6.28. The molecule has 0 bridgehead atoms. The smallest absolute Gasteiger partial charge is 0.255 e. The standard InChI is InChI=1S/C16H24N2O/c1-11(2)12(3)18(4)16(19)14-9-5-7-13-8-6-10-17-15(13)14/h5,7,9,11-12,17H,6,8,10H2,1-4H3. The first-order chi connectivity index (χ1) is 9.02. The second kappa shape index (κ2) is 5.64. The van der Waals surface area contributed by atoms with Gasteiger partial charge in [0.1, 0.15) is 0 Å². The number of rotatable bonds is 3. The van der Waals surface area contributed by atoms with Crippen molar-refractivity contribution in [2.45, 2.75) is 39.7 Å². The predicted octanol–water partition coefficient (Wildman–Crippen LogP) is 3.16. The van der Waals surface area contributed by atoms with Crippen LogP contribution in [0, 0.1) is 5.92 Å². The zero-order chi connectivity index (χ0) is 14.0. The molecule has 1 atom stereocenters. The Hall–Kier alpha value is -1.51. The molecule has 0 saturated heterocycles. The molecule has 0 saturated carbocycles. The molecule has 3 heteroatoms. The highest BCUT2D eigenvalue weighted by molar-refractivity contribution is 6.00. The van der Waals surface area contributed by atoms with E-state index in [1.54, 1.807) is 0 Å². The highest BCUT2D eigenvalue weighted by Crippen LogP contribution is 2.27. The molecule has 1 heterocycles. The summed E-state index contributed by atoms with van der Waals surface area (Å²) >= 11 is 0. The molecular formula is C16H24N2O. The Labute approximate surface area is 116 Å². The molecule has 1 aromatic carbocycles. The second-order valence-electron chi connectivity index (χ2n) is 5.77. The van der Waals surface area contributed by atoms with Gasteiger partial charge in [0.15, 0.2) is 0 Å². The van der Waals surface area contributed by atoms with Crippen molar-refractivity contribution in [1.29, 1.82) is 0 Å². The molecule has 0 radical (unpaired) electrons. The van der Waals surface area contributed by atoms with E-state index >= 15 is 0 Å². The quantitative estimate of drug-likeness (QED) is 0.905. The maximum Gasteiger partial charge on any atom is 0.255 e. The van der Waals surface area contributed by atoms with Gasteiger partial charge in [-0.3, -0.25) is 4.79 Å². The van der Waals surface area contributed by atoms with Gasteiger partial charge in [-0.15, -0.1) is 0 Å². The minimum Gasteiger partial charge on any atom is -0.384 e. The average molecular weight is 260 g/mol. The zero-order valence-corrected chi connectivity index (χ0v) is 12.4. The molecule has 0 fully saturated rings. The molecule has 0 aliphatic carbocycles. The van der Waals surface area contributed by atoms with Crippen molar-refractivity contribution >= 4 is 11.6 Å². The minimum absolute atomic E-state index is 0.118. The fraction of sp³-hybridized carbons (Fsp3) is 0.562. The normalized spacial score (nSPS) is 15.6. The Morgan fingerprint density at radius 3 is 2.74 bits per heavy atom. The number of fused-ring (bicyclic) bond motifs is 1. The molecule has 0 aromatic heterocycles. The highest BCUT2D eigenvalue weighted by Gasteiger charge is 2.23. The van der Waals surface area contributed by atoms with E-state index in [2.05, 4.69) is 32.2 Å². The molecule has 1 unspecified atom stereocenters. The highest BCUT2D eigenvalue weighted by atomic mass is 16.2. The number of carbonyl (C=O) groups is 1. The summed E-state index contributed by atoms with van der Waals surface area (Å²) in [5, 5.41) is 3.39. The number of benzene rings is 1. The monoisotopic (exact) mass is 260 g/mol. The fourth-order valence-electron chi connectivity index (χ4n) is 2.51. The van der Waals surface area contributed by atoms with E-state index < -0.39 is 0 Å². The van der Waals surface area contributed by atoms with Crippen LogP contribution in [0.25, 0.3) is 0 Å². The van der Waals surface area contributed by atoms with E-state index in [0.29, 0.717) is 5.92 Å². The number of aryl methyl sites for hydroxylation is 1. The number of anilines is 1. The molecule has 104 valence electrons. The molecule has 1 aromatic rings. The van der Waals surface area contributed by atoms with E-state index in [-0.39, 0.29) is 11.9 Å². The van der Waals surface area contributed by atoms with Crippen molar-refractivity contribution in [1.82, 2.24) is 4.90 Å². The molecule has 1 aliphatic rings. The van der Waals surface area contributed by atoms with Crippen LogP contribution in [0.5, 0.6) is 0 Å². The van der Waals surface area contributed by atoms with Crippen LogP contribution in [-0.2, 0) is 6.42 Å². The largest absolute Gasteiger partial charge is 0.384 e. The third-order valence-electron chi connectivity index (χ3n) is 4.20. The number of hydrogen-bond acceptors (Lipinski definition) is 2. The van der Waals surface area contributed by atoms with Gasteiger partial charge >= 0.3 is 0 Å². The summed E-state index contributed by atoms with van der Waals surface area (Å²) in [7, 11) is 1.90. The molecule has 0 spiro atoms. The lowest BCUT2D eigenvalue weighted by Crippen LogP contribution is -2.38. The van der Waals surface area contributed by atoms with Gasteiger partial charge in [-0.2, -0.15) is 0 Å². The number of carbonyl (C=O) groups excluding carboxylic acids is 1. The molecule has 1 N–H and O–H groups in total. The van der Waals surface area contributed by atoms with Crippen LogP contribution in [0.3, 0.4) is 0 Å². The van der Waals surface area contributed by atoms with Crippen molar-refractivity contribution in [3.05, 3.63) is 29.3 Å². The molecular weight excluding hydrogens is 236 g/mol. The topological polar surface area (TPSA) is 32.3 Å². The third kappa shape index (κ3) is 2.75. The molecule has 2 rings (SSSR count). The van der Waals surface area contributed by atoms with Gasteiger partial charge in [-0.1, -0.05) is 26.0 Å². The number of amides is 1. The Balaban J connectivity index is 2.29. The minimum atomic E-state index is 0.118. The number of nitrogens with one attached hydrogen (secondary N) is 1. The lowest BCUT2D eigenvalue weighted by molar-refractivity contribution is 0.0708. The summed E-state index contributed by atoms with van der Waals surface area (Å²) in [5.41, 5.74) is 3.12. The predicted molar refractivity (Wildman–Crippen MR) is 79.6 cm³/mol. The van der Waals surface area contributed by atoms with Crippen molar-refractivity contribution in [3.63, 3.8) is 0 Å². The summed E-state index contributed by atoms with van der Waals surface area (Å²) in [4.78, 5) is 14.5. The van der Waals surface area contributed by atoms with Gasteiger partial charge in [-0.05, 0) is 37.3 Å². The van der Waals surface area contributed by atoms with E-state index in [1.807, 2.05) is 24.1 Å². The molecule has 1 aliphatic heterocycles. The Kier molecular flexibility index (Phi) is 4.13. The Bertz CT molecular complexity index is 468. The van der Waals surface area contributed by atoms with Gasteiger partial charge in [0.2, 0.25) is 0 Å². The first-order valence-corrected chi connectivity index (χ1v) is 7.15. The summed E-state index contributed by atoms with van der Waals surface area (Å²) in [6.07, 6.45) is 2.20. The number of hydrogen-bond donors (Lipinski definition) is 1. The van der Waals surface area contributed by atoms with Crippen molar-refractivity contribution in [2.24, 2.45) is 5.92 Å². The lowest BCUT2D eigenvalue weighted by Gasteiger charge is -2.30.